The number of ether oxygens (including phenoxy) is 2. The summed E-state index contributed by atoms with van der Waals surface area (Å²) < 4.78 is 11.4. The number of rotatable bonds is 6. The highest BCUT2D eigenvalue weighted by molar-refractivity contribution is 6.33. The molecule has 2 fully saturated rings. The van der Waals surface area contributed by atoms with E-state index in [2.05, 4.69) is 0 Å². The van der Waals surface area contributed by atoms with E-state index in [-0.39, 0.29) is 27.3 Å². The number of Topliss-reactive ketones (excluding diaryl/α,β-unsaturated/α-hetero) is 1. The average Bonchev–Trinajstić information content (AvgIpc) is 2.83. The zero-order chi connectivity index (χ0) is 24.5. The van der Waals surface area contributed by atoms with Crippen molar-refractivity contribution in [2.24, 2.45) is 0 Å². The Balaban J connectivity index is 1.99. The van der Waals surface area contributed by atoms with Gasteiger partial charge in [-0.1, -0.05) is 61.7 Å². The lowest BCUT2D eigenvalue weighted by atomic mass is 9.55. The maximum absolute atomic E-state index is 15.0. The highest BCUT2D eigenvalue weighted by Crippen LogP contribution is 2.56. The lowest BCUT2D eigenvalue weighted by molar-refractivity contribution is -0.133. The number of methoxy groups -OCH3 is 2. The molecule has 0 aromatic heterocycles. The lowest BCUT2D eigenvalue weighted by Crippen LogP contribution is -2.51. The molecule has 184 valence electrons. The Kier molecular flexibility index (Phi) is 7.25. The van der Waals surface area contributed by atoms with Gasteiger partial charge in [0.15, 0.2) is 5.78 Å². The summed E-state index contributed by atoms with van der Waals surface area (Å²) in [5.41, 5.74) is -0.488. The fourth-order valence-electron chi connectivity index (χ4n) is 6.29. The molecule has 0 unspecified atom stereocenters. The Morgan fingerprint density at radius 1 is 0.706 bits per heavy atom. The number of aromatic hydroxyl groups is 2. The van der Waals surface area contributed by atoms with Crippen LogP contribution in [-0.2, 0) is 15.6 Å². The Hall–Kier alpha value is -2.11. The van der Waals surface area contributed by atoms with Crippen molar-refractivity contribution in [2.75, 3.05) is 14.2 Å². The highest BCUT2D eigenvalue weighted by Gasteiger charge is 2.54. The summed E-state index contributed by atoms with van der Waals surface area (Å²) in [5.74, 6) is 0.950. The minimum Gasteiger partial charge on any atom is -0.508 e. The summed E-state index contributed by atoms with van der Waals surface area (Å²) in [5, 5.41) is 21.5. The van der Waals surface area contributed by atoms with Gasteiger partial charge in [0, 0.05) is 23.3 Å². The van der Waals surface area contributed by atoms with Crippen LogP contribution in [0.4, 0.5) is 0 Å². The molecule has 0 radical (unpaired) electrons. The van der Waals surface area contributed by atoms with Crippen LogP contribution in [0.2, 0.25) is 10.0 Å². The number of hydrogen-bond donors (Lipinski definition) is 2. The number of carbonyl (C=O) groups excluding carboxylic acids is 1. The number of benzene rings is 2. The second kappa shape index (κ2) is 9.87. The van der Waals surface area contributed by atoms with E-state index in [4.69, 9.17) is 32.7 Å². The molecule has 0 atom stereocenters. The molecule has 34 heavy (non-hydrogen) atoms. The van der Waals surface area contributed by atoms with E-state index < -0.39 is 10.8 Å². The number of phenolic OH excluding ortho intramolecular Hbond substituents is 2. The third kappa shape index (κ3) is 4.11. The van der Waals surface area contributed by atoms with Crippen molar-refractivity contribution in [1.82, 2.24) is 0 Å². The first-order valence-corrected chi connectivity index (χ1v) is 12.7. The van der Waals surface area contributed by atoms with Crippen LogP contribution in [0.15, 0.2) is 24.3 Å². The van der Waals surface area contributed by atoms with Gasteiger partial charge in [-0.3, -0.25) is 4.79 Å². The normalized spacial score (nSPS) is 19.4. The van der Waals surface area contributed by atoms with Gasteiger partial charge in [-0.05, 0) is 37.8 Å². The van der Waals surface area contributed by atoms with Gasteiger partial charge in [0.25, 0.3) is 0 Å². The molecule has 0 bridgehead atoms. The maximum atomic E-state index is 15.0. The number of phenols is 2. The van der Waals surface area contributed by atoms with Crippen LogP contribution in [-0.4, -0.2) is 30.2 Å². The van der Waals surface area contributed by atoms with E-state index in [1.807, 2.05) is 0 Å². The van der Waals surface area contributed by atoms with Gasteiger partial charge in [0.2, 0.25) is 0 Å². The zero-order valence-corrected chi connectivity index (χ0v) is 21.3. The zero-order valence-electron chi connectivity index (χ0n) is 19.8. The van der Waals surface area contributed by atoms with Gasteiger partial charge in [-0.15, -0.1) is 0 Å². The fraction of sp³-hybridized carbons (Fsp3) is 0.519. The number of ketones is 1. The molecule has 5 nitrogen and oxygen atoms in total. The van der Waals surface area contributed by atoms with Gasteiger partial charge in [-0.2, -0.15) is 0 Å². The molecular formula is C27H32Cl2O5. The molecule has 4 rings (SSSR count). The summed E-state index contributed by atoms with van der Waals surface area (Å²) in [6, 6.07) is 6.16. The third-order valence-electron chi connectivity index (χ3n) is 7.78. The Labute approximate surface area is 211 Å². The van der Waals surface area contributed by atoms with Crippen LogP contribution in [0.3, 0.4) is 0 Å². The molecule has 2 saturated carbocycles. The van der Waals surface area contributed by atoms with Crippen molar-refractivity contribution in [3.8, 4) is 23.0 Å². The molecule has 0 saturated heterocycles. The van der Waals surface area contributed by atoms with E-state index in [9.17, 15) is 10.2 Å². The van der Waals surface area contributed by atoms with Crippen LogP contribution in [0.25, 0.3) is 0 Å². The van der Waals surface area contributed by atoms with Crippen molar-refractivity contribution in [3.05, 3.63) is 45.4 Å². The van der Waals surface area contributed by atoms with Crippen LogP contribution in [0.1, 0.15) is 75.3 Å². The van der Waals surface area contributed by atoms with Crippen LogP contribution in [0.5, 0.6) is 23.0 Å². The topological polar surface area (TPSA) is 76.0 Å². The van der Waals surface area contributed by atoms with Crippen molar-refractivity contribution in [1.29, 1.82) is 0 Å². The molecule has 2 aromatic carbocycles. The standard InChI is InChI=1S/C27H32Cl2O5/c1-33-23-19(13-17(30)15-21(23)28)26(9-5-3-6-10-26)25(32)27(11-7-4-8-12-27)20-14-18(31)16-22(29)24(20)34-2/h13-16,30-31H,3-12H2,1-2H3. The van der Waals surface area contributed by atoms with Crippen molar-refractivity contribution >= 4 is 29.0 Å². The number of halogens is 2. The quantitative estimate of drug-likeness (QED) is 0.436. The maximum Gasteiger partial charge on any atom is 0.154 e. The first-order valence-electron chi connectivity index (χ1n) is 12.0. The van der Waals surface area contributed by atoms with E-state index in [0.717, 1.165) is 38.5 Å². The second-order valence-corrected chi connectivity index (χ2v) is 10.4. The summed E-state index contributed by atoms with van der Waals surface area (Å²) in [6.45, 7) is 0. The molecule has 7 heteroatoms. The number of hydrogen-bond acceptors (Lipinski definition) is 5. The molecule has 2 aliphatic carbocycles. The first kappa shape index (κ1) is 25.0. The van der Waals surface area contributed by atoms with Gasteiger partial charge >= 0.3 is 0 Å². The van der Waals surface area contributed by atoms with E-state index >= 15 is 4.79 Å². The highest BCUT2D eigenvalue weighted by atomic mass is 35.5. The summed E-state index contributed by atoms with van der Waals surface area (Å²) in [7, 11) is 3.08. The summed E-state index contributed by atoms with van der Waals surface area (Å²) >= 11 is 13.0. The Morgan fingerprint density at radius 3 is 1.38 bits per heavy atom. The molecule has 2 aromatic rings. The van der Waals surface area contributed by atoms with E-state index in [1.54, 1.807) is 12.1 Å². The van der Waals surface area contributed by atoms with E-state index in [1.165, 1.54) is 26.4 Å². The van der Waals surface area contributed by atoms with Gasteiger partial charge in [-0.25, -0.2) is 0 Å². The van der Waals surface area contributed by atoms with Crippen LogP contribution < -0.4 is 9.47 Å². The van der Waals surface area contributed by atoms with Crippen molar-refractivity contribution < 1.29 is 24.5 Å². The third-order valence-corrected chi connectivity index (χ3v) is 8.34. The van der Waals surface area contributed by atoms with Crippen LogP contribution in [0, 0.1) is 0 Å². The molecule has 2 aliphatic rings. The molecule has 0 aliphatic heterocycles. The second-order valence-electron chi connectivity index (χ2n) is 9.63. The predicted octanol–water partition coefficient (Wildman–Crippen LogP) is 7.09. The van der Waals surface area contributed by atoms with Crippen LogP contribution >= 0.6 is 23.2 Å². The minimum absolute atomic E-state index is 0.00854. The Bertz CT molecular complexity index is 986. The smallest absolute Gasteiger partial charge is 0.154 e. The molecule has 0 heterocycles. The predicted molar refractivity (Wildman–Crippen MR) is 134 cm³/mol. The SMILES string of the molecule is COc1c(Cl)cc(O)cc1C1(C(=O)C2(c3cc(O)cc(Cl)c3OC)CCCCC2)CCCCC1. The fourth-order valence-corrected chi connectivity index (χ4v) is 6.87. The van der Waals surface area contributed by atoms with Crippen molar-refractivity contribution in [2.45, 2.75) is 75.0 Å². The van der Waals surface area contributed by atoms with Crippen molar-refractivity contribution in [3.63, 3.8) is 0 Å². The first-order chi connectivity index (χ1) is 16.3. The summed E-state index contributed by atoms with van der Waals surface area (Å²) in [4.78, 5) is 15.0. The van der Waals surface area contributed by atoms with Gasteiger partial charge in [0.05, 0.1) is 35.1 Å². The number of carbonyl (C=O) groups is 1. The van der Waals surface area contributed by atoms with Gasteiger partial charge in [0.1, 0.15) is 23.0 Å². The summed E-state index contributed by atoms with van der Waals surface area (Å²) in [6.07, 6.45) is 8.17. The molecule has 0 spiro atoms. The molecule has 0 amide bonds. The average molecular weight is 507 g/mol. The monoisotopic (exact) mass is 506 g/mol. The van der Waals surface area contributed by atoms with Gasteiger partial charge < -0.3 is 19.7 Å². The largest absolute Gasteiger partial charge is 0.508 e. The molecule has 2 N–H and O–H groups in total. The molecular weight excluding hydrogens is 475 g/mol. The Morgan fingerprint density at radius 2 is 1.06 bits per heavy atom. The minimum atomic E-state index is -0.883. The van der Waals surface area contributed by atoms with E-state index in [0.29, 0.717) is 48.3 Å². The lowest BCUT2D eigenvalue weighted by Gasteiger charge is -2.47.